The summed E-state index contributed by atoms with van der Waals surface area (Å²) in [4.78, 5) is 64.8. The van der Waals surface area contributed by atoms with E-state index in [-0.39, 0.29) is 42.2 Å². The first-order valence-corrected chi connectivity index (χ1v) is 16.7. The van der Waals surface area contributed by atoms with Crippen molar-refractivity contribution in [3.8, 4) is 5.75 Å². The molecule has 264 valence electrons. The molecule has 2 amide bonds. The molecule has 6 rings (SSSR count). The Labute approximate surface area is 287 Å². The fraction of sp³-hybridized carbons (Fsp3) is 0.364. The van der Waals surface area contributed by atoms with Crippen LogP contribution in [0.5, 0.6) is 5.75 Å². The minimum absolute atomic E-state index is 0.113. The van der Waals surface area contributed by atoms with E-state index in [9.17, 15) is 38.6 Å². The Morgan fingerprint density at radius 1 is 1.14 bits per heavy atom. The van der Waals surface area contributed by atoms with Gasteiger partial charge in [0, 0.05) is 17.5 Å². The van der Waals surface area contributed by atoms with Gasteiger partial charge in [-0.2, -0.15) is 0 Å². The zero-order chi connectivity index (χ0) is 35.9. The number of carbonyl (C=O) groups is 4. The van der Waals surface area contributed by atoms with E-state index >= 15 is 8.78 Å². The number of likely N-dealkylation sites (N-methyl/N-ethyl adjacent to an activating group) is 1. The van der Waals surface area contributed by atoms with Crippen molar-refractivity contribution in [2.45, 2.75) is 18.0 Å². The molecule has 0 unspecified atom stereocenters. The summed E-state index contributed by atoms with van der Waals surface area (Å²) in [7, 11) is 1.85. The van der Waals surface area contributed by atoms with Gasteiger partial charge in [-0.15, -0.1) is 11.8 Å². The summed E-state index contributed by atoms with van der Waals surface area (Å²) in [6.45, 7) is -0.757. The first kappa shape index (κ1) is 34.8. The lowest BCUT2D eigenvalue weighted by atomic mass is 10.0. The van der Waals surface area contributed by atoms with Gasteiger partial charge < -0.3 is 39.0 Å². The Kier molecular flexibility index (Phi) is 9.54. The average molecular weight is 716 g/mol. The first-order chi connectivity index (χ1) is 23.8. The summed E-state index contributed by atoms with van der Waals surface area (Å²) in [5, 5.41) is 23.2. The normalized spacial score (nSPS) is 20.0. The molecule has 2 saturated heterocycles. The van der Waals surface area contributed by atoms with Crippen molar-refractivity contribution in [3.05, 3.63) is 81.3 Å². The molecule has 3 aromatic rings. The number of carbonyl (C=O) groups excluding carboxylic acids is 3. The van der Waals surface area contributed by atoms with Gasteiger partial charge >= 0.3 is 5.97 Å². The number of piperazine rings is 1. The predicted molar refractivity (Wildman–Crippen MR) is 173 cm³/mol. The number of quaternary nitrogens is 1. The maximum atomic E-state index is 16.0. The lowest BCUT2D eigenvalue weighted by Crippen LogP contribution is -2.71. The lowest BCUT2D eigenvalue weighted by molar-refractivity contribution is -0.905. The number of β-lactam (4-membered cyclic amide) rings is 1. The Bertz CT molecular complexity index is 1980. The quantitative estimate of drug-likeness (QED) is 0.214. The molecule has 0 aliphatic carbocycles. The van der Waals surface area contributed by atoms with Gasteiger partial charge in [0.25, 0.3) is 11.8 Å². The van der Waals surface area contributed by atoms with Crippen LogP contribution in [-0.4, -0.2) is 113 Å². The number of pyridine rings is 1. The highest BCUT2D eigenvalue weighted by Gasteiger charge is 2.53. The van der Waals surface area contributed by atoms with Gasteiger partial charge in [-0.05, 0) is 18.2 Å². The van der Waals surface area contributed by atoms with Crippen LogP contribution in [0.3, 0.4) is 0 Å². The molecule has 0 radical (unpaired) electrons. The molecule has 1 aromatic heterocycles. The highest BCUT2D eigenvalue weighted by molar-refractivity contribution is 8.00. The van der Waals surface area contributed by atoms with E-state index < -0.39 is 87.6 Å². The van der Waals surface area contributed by atoms with Crippen LogP contribution in [0.2, 0.25) is 0 Å². The van der Waals surface area contributed by atoms with Crippen molar-refractivity contribution in [1.29, 1.82) is 0 Å². The molecule has 2 fully saturated rings. The van der Waals surface area contributed by atoms with Crippen molar-refractivity contribution in [3.63, 3.8) is 0 Å². The number of carboxylic acids is 2. The number of aromatic carboxylic acids is 1. The Balaban J connectivity index is 1.16. The summed E-state index contributed by atoms with van der Waals surface area (Å²) < 4.78 is 51.4. The Morgan fingerprint density at radius 2 is 1.84 bits per heavy atom. The number of halogens is 3. The number of thioether (sulfide) groups is 1. The first-order valence-electron chi connectivity index (χ1n) is 15.6. The monoisotopic (exact) mass is 715 g/mol. The third-order valence-corrected chi connectivity index (χ3v) is 10.5. The minimum Gasteiger partial charge on any atom is -0.543 e. The second-order valence-electron chi connectivity index (χ2n) is 12.5. The molecule has 2 atom stereocenters. The molecule has 2 N–H and O–H groups in total. The van der Waals surface area contributed by atoms with Gasteiger partial charge in [0.1, 0.15) is 47.5 Å². The minimum atomic E-state index is -1.61. The highest BCUT2D eigenvalue weighted by atomic mass is 32.2. The van der Waals surface area contributed by atoms with Crippen LogP contribution in [0.25, 0.3) is 10.9 Å². The fourth-order valence-electron chi connectivity index (χ4n) is 6.65. The highest BCUT2D eigenvalue weighted by Crippen LogP contribution is 2.41. The van der Waals surface area contributed by atoms with Crippen LogP contribution in [0.4, 0.5) is 18.9 Å². The summed E-state index contributed by atoms with van der Waals surface area (Å²) in [5.74, 6) is -5.78. The number of para-hydroxylation sites is 1. The Hall–Kier alpha value is -5.03. The van der Waals surface area contributed by atoms with Crippen LogP contribution in [0.15, 0.2) is 58.7 Å². The standard InChI is InChI=1S/C33H32F3N5O8S/c1-41(11-9-38(10-12-41)28-22(35)13-20-27(24(28)36)39(8-7-34)14-21(29(20)43)32(45)46)15-18-17-50-31-25(30(44)40(31)26(18)33(47)48)37-23(42)16-49-19-5-3-2-4-6-19/h2-6,13-14,25,31H,7-12,15-17H2,1H3,(H2-,37,42,45,46,47,48)/t25-,31-/m1/s1. The number of ether oxygens (including phenoxy) is 1. The molecule has 0 saturated carbocycles. The second-order valence-corrected chi connectivity index (χ2v) is 13.6. The SMILES string of the molecule is C[N+]1(CC2=C(C(=O)[O-])N3C(=O)[C@@H](NC(=O)COc4ccccc4)[C@H]3SC2)CCN(c2c(F)cc3c(=O)c(C(=O)O)cn(CCF)c3c2F)CC1. The predicted octanol–water partition coefficient (Wildman–Crippen LogP) is 0.697. The molecule has 50 heavy (non-hydrogen) atoms. The smallest absolute Gasteiger partial charge is 0.341 e. The number of hydrogen-bond donors (Lipinski definition) is 2. The number of carboxylic acid groups (broad SMARTS) is 2. The number of alkyl halides is 1. The van der Waals surface area contributed by atoms with E-state index in [1.54, 1.807) is 30.3 Å². The number of nitrogens with zero attached hydrogens (tertiary/aromatic N) is 4. The molecule has 3 aliphatic heterocycles. The molecule has 2 aromatic carbocycles. The lowest BCUT2D eigenvalue weighted by Gasteiger charge is -2.51. The van der Waals surface area contributed by atoms with Crippen LogP contribution in [0.1, 0.15) is 10.4 Å². The average Bonchev–Trinajstić information content (AvgIpc) is 3.08. The summed E-state index contributed by atoms with van der Waals surface area (Å²) in [6.07, 6.45) is 0.844. The third-order valence-electron chi connectivity index (χ3n) is 9.16. The summed E-state index contributed by atoms with van der Waals surface area (Å²) in [5.41, 5.74) is -2.50. The number of rotatable bonds is 11. The molecule has 0 bridgehead atoms. The zero-order valence-electron chi connectivity index (χ0n) is 26.7. The molecule has 0 spiro atoms. The summed E-state index contributed by atoms with van der Waals surface area (Å²) in [6, 6.07) is 8.46. The van der Waals surface area contributed by atoms with Crippen molar-refractivity contribution >= 4 is 52.1 Å². The van der Waals surface area contributed by atoms with Crippen molar-refractivity contribution in [2.24, 2.45) is 0 Å². The van der Waals surface area contributed by atoms with Crippen LogP contribution in [0, 0.1) is 11.6 Å². The molecule has 3 aliphatic rings. The van der Waals surface area contributed by atoms with Gasteiger partial charge in [0.15, 0.2) is 12.4 Å². The van der Waals surface area contributed by atoms with Gasteiger partial charge in [0.05, 0.1) is 62.3 Å². The van der Waals surface area contributed by atoms with Crippen molar-refractivity contribution in [2.75, 3.05) is 63.7 Å². The van der Waals surface area contributed by atoms with Gasteiger partial charge in [0.2, 0.25) is 5.43 Å². The fourth-order valence-corrected chi connectivity index (χ4v) is 7.99. The van der Waals surface area contributed by atoms with Crippen LogP contribution in [-0.2, 0) is 20.9 Å². The maximum Gasteiger partial charge on any atom is 0.341 e. The number of aliphatic carboxylic acids is 1. The number of fused-ring (bicyclic) bond motifs is 2. The van der Waals surface area contributed by atoms with E-state index in [2.05, 4.69) is 5.32 Å². The molecule has 17 heteroatoms. The molecular weight excluding hydrogens is 683 g/mol. The number of nitrogens with one attached hydrogen (secondary N) is 1. The summed E-state index contributed by atoms with van der Waals surface area (Å²) >= 11 is 1.30. The number of benzene rings is 2. The number of amides is 2. The topological polar surface area (TPSA) is 161 Å². The molecule has 13 nitrogen and oxygen atoms in total. The second kappa shape index (κ2) is 13.7. The van der Waals surface area contributed by atoms with Crippen LogP contribution >= 0.6 is 11.8 Å². The van der Waals surface area contributed by atoms with E-state index in [1.807, 2.05) is 7.05 Å². The van der Waals surface area contributed by atoms with E-state index in [0.717, 1.165) is 21.7 Å². The number of anilines is 1. The largest absolute Gasteiger partial charge is 0.543 e. The van der Waals surface area contributed by atoms with Gasteiger partial charge in [-0.25, -0.2) is 18.0 Å². The van der Waals surface area contributed by atoms with Crippen molar-refractivity contribution in [1.82, 2.24) is 14.8 Å². The molecular formula is C33H32F3N5O8S. The van der Waals surface area contributed by atoms with Gasteiger partial charge in [-0.3, -0.25) is 19.3 Å². The molecule has 4 heterocycles. The van der Waals surface area contributed by atoms with Crippen molar-refractivity contribution < 1.29 is 51.8 Å². The zero-order valence-corrected chi connectivity index (χ0v) is 27.5. The number of aryl methyl sites for hydroxylation is 1. The van der Waals surface area contributed by atoms with Crippen LogP contribution < -0.4 is 25.5 Å². The maximum absolute atomic E-state index is 16.0. The van der Waals surface area contributed by atoms with E-state index in [4.69, 9.17) is 4.74 Å². The Morgan fingerprint density at radius 3 is 2.48 bits per heavy atom. The third kappa shape index (κ3) is 6.37. The van der Waals surface area contributed by atoms with Gasteiger partial charge in [-0.1, -0.05) is 18.2 Å². The number of hydrogen-bond acceptors (Lipinski definition) is 9. The van der Waals surface area contributed by atoms with E-state index in [0.29, 0.717) is 24.4 Å². The number of aromatic nitrogens is 1. The van der Waals surface area contributed by atoms with E-state index in [1.165, 1.54) is 16.7 Å².